The van der Waals surface area contributed by atoms with Crippen LogP contribution in [0.15, 0.2) is 30.3 Å². The van der Waals surface area contributed by atoms with Gasteiger partial charge in [-0.25, -0.2) is 0 Å². The van der Waals surface area contributed by atoms with E-state index < -0.39 is 0 Å². The SMILES string of the molecule is CCN(CCN)CCN(C)Cc1ccccc1. The average molecular weight is 235 g/mol. The molecular weight excluding hydrogens is 210 g/mol. The maximum Gasteiger partial charge on any atom is 0.0231 e. The van der Waals surface area contributed by atoms with Crippen LogP contribution in [0.25, 0.3) is 0 Å². The van der Waals surface area contributed by atoms with Crippen molar-refractivity contribution in [2.45, 2.75) is 13.5 Å². The molecule has 0 fully saturated rings. The summed E-state index contributed by atoms with van der Waals surface area (Å²) in [6.45, 7) is 8.20. The Morgan fingerprint density at radius 1 is 1.06 bits per heavy atom. The fraction of sp³-hybridized carbons (Fsp3) is 0.571. The number of likely N-dealkylation sites (N-methyl/N-ethyl adjacent to an activating group) is 2. The molecule has 0 unspecified atom stereocenters. The Labute approximate surface area is 105 Å². The highest BCUT2D eigenvalue weighted by atomic mass is 15.2. The van der Waals surface area contributed by atoms with Crippen molar-refractivity contribution in [3.63, 3.8) is 0 Å². The number of rotatable bonds is 8. The highest BCUT2D eigenvalue weighted by molar-refractivity contribution is 5.14. The normalized spacial score (nSPS) is 11.4. The zero-order valence-electron chi connectivity index (χ0n) is 11.1. The van der Waals surface area contributed by atoms with Gasteiger partial charge in [0.25, 0.3) is 0 Å². The minimum absolute atomic E-state index is 0.746. The summed E-state index contributed by atoms with van der Waals surface area (Å²) in [5.41, 5.74) is 6.95. The number of hydrogen-bond acceptors (Lipinski definition) is 3. The minimum Gasteiger partial charge on any atom is -0.329 e. The number of benzene rings is 1. The summed E-state index contributed by atoms with van der Waals surface area (Å²) < 4.78 is 0. The molecule has 0 bridgehead atoms. The fourth-order valence-corrected chi connectivity index (χ4v) is 1.90. The van der Waals surface area contributed by atoms with Crippen LogP contribution in [0.4, 0.5) is 0 Å². The Morgan fingerprint density at radius 2 is 1.76 bits per heavy atom. The second-order valence-electron chi connectivity index (χ2n) is 4.45. The molecule has 0 saturated heterocycles. The quantitative estimate of drug-likeness (QED) is 0.739. The maximum atomic E-state index is 5.58. The first kappa shape index (κ1) is 14.2. The predicted molar refractivity (Wildman–Crippen MR) is 73.9 cm³/mol. The number of hydrogen-bond donors (Lipinski definition) is 1. The van der Waals surface area contributed by atoms with E-state index in [9.17, 15) is 0 Å². The van der Waals surface area contributed by atoms with E-state index in [2.05, 4.69) is 54.1 Å². The smallest absolute Gasteiger partial charge is 0.0231 e. The Morgan fingerprint density at radius 3 is 2.35 bits per heavy atom. The minimum atomic E-state index is 0.746. The van der Waals surface area contributed by atoms with Gasteiger partial charge in [0.05, 0.1) is 0 Å². The van der Waals surface area contributed by atoms with Crippen molar-refractivity contribution in [1.82, 2.24) is 9.80 Å². The van der Waals surface area contributed by atoms with Gasteiger partial charge in [0.15, 0.2) is 0 Å². The largest absolute Gasteiger partial charge is 0.329 e. The van der Waals surface area contributed by atoms with Crippen LogP contribution in [0.3, 0.4) is 0 Å². The highest BCUT2D eigenvalue weighted by Gasteiger charge is 2.04. The summed E-state index contributed by atoms with van der Waals surface area (Å²) in [5, 5.41) is 0. The van der Waals surface area contributed by atoms with Crippen LogP contribution in [0.1, 0.15) is 12.5 Å². The monoisotopic (exact) mass is 235 g/mol. The van der Waals surface area contributed by atoms with Crippen LogP contribution in [0.5, 0.6) is 0 Å². The maximum absolute atomic E-state index is 5.58. The summed E-state index contributed by atoms with van der Waals surface area (Å²) in [7, 11) is 2.17. The van der Waals surface area contributed by atoms with Crippen LogP contribution in [0, 0.1) is 0 Å². The molecule has 0 spiro atoms. The first-order valence-corrected chi connectivity index (χ1v) is 6.41. The summed E-state index contributed by atoms with van der Waals surface area (Å²) >= 11 is 0. The molecule has 0 aromatic heterocycles. The Kier molecular flexibility index (Phi) is 6.86. The summed E-state index contributed by atoms with van der Waals surface area (Å²) in [6.07, 6.45) is 0. The molecule has 0 saturated carbocycles. The third kappa shape index (κ3) is 5.82. The molecule has 0 radical (unpaired) electrons. The van der Waals surface area contributed by atoms with Gasteiger partial charge in [0.2, 0.25) is 0 Å². The zero-order chi connectivity index (χ0) is 12.5. The number of nitrogens with two attached hydrogens (primary N) is 1. The van der Waals surface area contributed by atoms with E-state index in [4.69, 9.17) is 5.73 Å². The van der Waals surface area contributed by atoms with Crippen molar-refractivity contribution >= 4 is 0 Å². The van der Waals surface area contributed by atoms with Gasteiger partial charge < -0.3 is 15.5 Å². The molecular formula is C14H25N3. The first-order valence-electron chi connectivity index (χ1n) is 6.41. The summed E-state index contributed by atoms with van der Waals surface area (Å²) in [6, 6.07) is 10.6. The van der Waals surface area contributed by atoms with Crippen molar-refractivity contribution in [1.29, 1.82) is 0 Å². The lowest BCUT2D eigenvalue weighted by molar-refractivity contribution is 0.233. The Hall–Kier alpha value is -0.900. The van der Waals surface area contributed by atoms with E-state index in [0.29, 0.717) is 0 Å². The molecule has 3 nitrogen and oxygen atoms in total. The summed E-state index contributed by atoms with van der Waals surface area (Å²) in [4.78, 5) is 4.75. The van der Waals surface area contributed by atoms with Gasteiger partial charge in [0.1, 0.15) is 0 Å². The molecule has 0 aliphatic rings. The topological polar surface area (TPSA) is 32.5 Å². The van der Waals surface area contributed by atoms with E-state index in [0.717, 1.165) is 39.3 Å². The molecule has 1 rings (SSSR count). The first-order chi connectivity index (χ1) is 8.26. The standard InChI is InChI=1S/C14H25N3/c1-3-17(10-9-15)12-11-16(2)13-14-7-5-4-6-8-14/h4-8H,3,9-13,15H2,1-2H3. The second-order valence-corrected chi connectivity index (χ2v) is 4.45. The van der Waals surface area contributed by atoms with Crippen LogP contribution in [-0.4, -0.2) is 49.6 Å². The lowest BCUT2D eigenvalue weighted by Gasteiger charge is -2.23. The van der Waals surface area contributed by atoms with Gasteiger partial charge >= 0.3 is 0 Å². The molecule has 0 aliphatic carbocycles. The van der Waals surface area contributed by atoms with Crippen LogP contribution in [-0.2, 0) is 6.54 Å². The lowest BCUT2D eigenvalue weighted by atomic mass is 10.2. The fourth-order valence-electron chi connectivity index (χ4n) is 1.90. The van der Waals surface area contributed by atoms with Crippen LogP contribution >= 0.6 is 0 Å². The van der Waals surface area contributed by atoms with Crippen molar-refractivity contribution in [2.24, 2.45) is 5.73 Å². The third-order valence-corrected chi connectivity index (χ3v) is 2.99. The van der Waals surface area contributed by atoms with Gasteiger partial charge in [-0.2, -0.15) is 0 Å². The van der Waals surface area contributed by atoms with E-state index >= 15 is 0 Å². The number of nitrogens with zero attached hydrogens (tertiary/aromatic N) is 2. The third-order valence-electron chi connectivity index (χ3n) is 2.99. The Bertz CT molecular complexity index is 287. The molecule has 1 aromatic rings. The summed E-state index contributed by atoms with van der Waals surface area (Å²) in [5.74, 6) is 0. The molecule has 0 atom stereocenters. The second kappa shape index (κ2) is 8.23. The van der Waals surface area contributed by atoms with Crippen molar-refractivity contribution < 1.29 is 0 Å². The average Bonchev–Trinajstić information content (AvgIpc) is 2.35. The van der Waals surface area contributed by atoms with E-state index in [-0.39, 0.29) is 0 Å². The molecule has 96 valence electrons. The zero-order valence-corrected chi connectivity index (χ0v) is 11.1. The van der Waals surface area contributed by atoms with Gasteiger partial charge in [-0.05, 0) is 19.2 Å². The molecule has 0 amide bonds. The molecule has 2 N–H and O–H groups in total. The lowest BCUT2D eigenvalue weighted by Crippen LogP contribution is -2.36. The van der Waals surface area contributed by atoms with Gasteiger partial charge in [-0.15, -0.1) is 0 Å². The van der Waals surface area contributed by atoms with E-state index in [1.54, 1.807) is 0 Å². The molecule has 0 heterocycles. The van der Waals surface area contributed by atoms with Crippen molar-refractivity contribution in [2.75, 3.05) is 39.8 Å². The Balaban J connectivity index is 2.27. The predicted octanol–water partition coefficient (Wildman–Crippen LogP) is 1.40. The van der Waals surface area contributed by atoms with Gasteiger partial charge in [-0.1, -0.05) is 37.3 Å². The van der Waals surface area contributed by atoms with Gasteiger partial charge in [-0.3, -0.25) is 0 Å². The van der Waals surface area contributed by atoms with Crippen LogP contribution < -0.4 is 5.73 Å². The highest BCUT2D eigenvalue weighted by Crippen LogP contribution is 2.02. The molecule has 1 aromatic carbocycles. The molecule has 17 heavy (non-hydrogen) atoms. The van der Waals surface area contributed by atoms with Gasteiger partial charge in [0, 0.05) is 32.7 Å². The van der Waals surface area contributed by atoms with E-state index in [1.165, 1.54) is 5.56 Å². The van der Waals surface area contributed by atoms with Crippen LogP contribution in [0.2, 0.25) is 0 Å². The molecule has 0 aliphatic heterocycles. The van der Waals surface area contributed by atoms with Crippen molar-refractivity contribution in [3.8, 4) is 0 Å². The van der Waals surface area contributed by atoms with E-state index in [1.807, 2.05) is 0 Å². The molecule has 3 heteroatoms. The van der Waals surface area contributed by atoms with Crippen molar-refractivity contribution in [3.05, 3.63) is 35.9 Å².